The van der Waals surface area contributed by atoms with E-state index >= 15 is 0 Å². The molecule has 0 aliphatic rings. The van der Waals surface area contributed by atoms with Gasteiger partial charge in [-0.3, -0.25) is 10.1 Å². The molecule has 2 aromatic carbocycles. The fourth-order valence-electron chi connectivity index (χ4n) is 1.63. The van der Waals surface area contributed by atoms with Crippen molar-refractivity contribution in [2.75, 3.05) is 0 Å². The van der Waals surface area contributed by atoms with Crippen LogP contribution in [0.3, 0.4) is 0 Å². The molecule has 0 fully saturated rings. The molecule has 0 aromatic heterocycles. The van der Waals surface area contributed by atoms with E-state index in [9.17, 15) is 29.9 Å². The number of carboxylic acids is 2. The van der Waals surface area contributed by atoms with Crippen LogP contribution in [0.25, 0.3) is 10.8 Å². The number of aromatic carboxylic acids is 1. The average Bonchev–Trinajstić information content (AvgIpc) is 2.46. The number of carboxylic acid groups (broad SMARTS) is 2. The van der Waals surface area contributed by atoms with Crippen molar-refractivity contribution >= 4 is 28.4 Å². The average molecular weight is 365 g/mol. The van der Waals surface area contributed by atoms with E-state index in [1.807, 2.05) is 0 Å². The smallest absolute Gasteiger partial charge is 0.545 e. The third-order valence-corrected chi connectivity index (χ3v) is 2.66. The topological polar surface area (TPSA) is 123 Å². The molecule has 7 nitrogen and oxygen atoms in total. The number of benzene rings is 2. The number of hydrogen-bond acceptors (Lipinski definition) is 6. The maximum atomic E-state index is 10.9. The Labute approximate surface area is 141 Å². The summed E-state index contributed by atoms with van der Waals surface area (Å²) >= 11 is 0. The second-order valence-corrected chi connectivity index (χ2v) is 4.29. The molecule has 0 spiro atoms. The Kier molecular flexibility index (Phi) is 7.65. The summed E-state index contributed by atoms with van der Waals surface area (Å²) in [7, 11) is 0. The van der Waals surface area contributed by atoms with Crippen LogP contribution in [-0.2, 0) is 21.9 Å². The molecule has 0 bridgehead atoms. The van der Waals surface area contributed by atoms with E-state index in [2.05, 4.69) is 6.58 Å². The van der Waals surface area contributed by atoms with Gasteiger partial charge < -0.3 is 19.8 Å². The van der Waals surface area contributed by atoms with Gasteiger partial charge in [-0.25, -0.2) is 0 Å². The van der Waals surface area contributed by atoms with E-state index in [-0.39, 0.29) is 28.2 Å². The Hall–Kier alpha value is -2.70. The van der Waals surface area contributed by atoms with E-state index in [0.29, 0.717) is 10.8 Å². The third kappa shape index (κ3) is 5.21. The number of rotatable bonds is 3. The Morgan fingerprint density at radius 1 is 1.09 bits per heavy atom. The van der Waals surface area contributed by atoms with Crippen LogP contribution in [0, 0.1) is 10.1 Å². The molecule has 0 saturated carbocycles. The molecule has 0 N–H and O–H groups in total. The fourth-order valence-corrected chi connectivity index (χ4v) is 1.63. The number of nitrogens with zero attached hydrogens (tertiary/aromatic N) is 1. The molecule has 23 heavy (non-hydrogen) atoms. The predicted molar refractivity (Wildman–Crippen MR) is 74.8 cm³/mol. The largest absolute Gasteiger partial charge is 1.00 e. The molecule has 0 unspecified atom stereocenters. The van der Waals surface area contributed by atoms with Crippen LogP contribution < -0.4 is 10.2 Å². The summed E-state index contributed by atoms with van der Waals surface area (Å²) < 4.78 is 0. The summed E-state index contributed by atoms with van der Waals surface area (Å²) in [6, 6.07) is 9.25. The number of nitro groups is 1. The standard InChI is InChI=1S/C11H7NO4.C4H6O2.Cu/c13-11(14)10-8-4-2-1-3-7(8)5-6-9(10)12(15)16;1-3(2)4(5)6;/h1-6H,(H,13,14);1H2,2H3,(H,5,6);/q;;+1/p-2. The number of fused-ring (bicyclic) bond motifs is 1. The van der Waals surface area contributed by atoms with Crippen LogP contribution in [0.5, 0.6) is 0 Å². The van der Waals surface area contributed by atoms with Gasteiger partial charge in [0.05, 0.1) is 22.4 Å². The number of aliphatic carboxylic acids is 1. The van der Waals surface area contributed by atoms with E-state index in [1.165, 1.54) is 25.1 Å². The Morgan fingerprint density at radius 2 is 1.61 bits per heavy atom. The van der Waals surface area contributed by atoms with Crippen LogP contribution in [0.2, 0.25) is 0 Å². The zero-order valence-electron chi connectivity index (χ0n) is 11.9. The molecule has 0 radical (unpaired) electrons. The monoisotopic (exact) mass is 364 g/mol. The molecule has 0 amide bonds. The van der Waals surface area contributed by atoms with E-state index < -0.39 is 22.5 Å². The molecular weight excluding hydrogens is 354 g/mol. The minimum Gasteiger partial charge on any atom is -0.545 e. The van der Waals surface area contributed by atoms with Crippen molar-refractivity contribution in [3.8, 4) is 0 Å². The summed E-state index contributed by atoms with van der Waals surface area (Å²) in [4.78, 5) is 30.4. The molecule has 8 heteroatoms. The summed E-state index contributed by atoms with van der Waals surface area (Å²) in [6.45, 7) is 4.48. The maximum Gasteiger partial charge on any atom is 1.00 e. The molecule has 2 rings (SSSR count). The van der Waals surface area contributed by atoms with Crippen LogP contribution in [0.15, 0.2) is 48.6 Å². The van der Waals surface area contributed by atoms with Gasteiger partial charge in [-0.15, -0.1) is 0 Å². The van der Waals surface area contributed by atoms with Crippen molar-refractivity contribution in [2.24, 2.45) is 0 Å². The van der Waals surface area contributed by atoms with Crippen LogP contribution >= 0.6 is 0 Å². The van der Waals surface area contributed by atoms with E-state index in [4.69, 9.17) is 0 Å². The number of hydrogen-bond donors (Lipinski definition) is 0. The van der Waals surface area contributed by atoms with Crippen molar-refractivity contribution in [2.45, 2.75) is 6.92 Å². The Bertz CT molecular complexity index is 760. The van der Waals surface area contributed by atoms with Gasteiger partial charge in [-0.2, -0.15) is 0 Å². The molecule has 0 aliphatic heterocycles. The summed E-state index contributed by atoms with van der Waals surface area (Å²) in [5.74, 6) is -2.72. The van der Waals surface area contributed by atoms with E-state index in [0.717, 1.165) is 0 Å². The Morgan fingerprint density at radius 3 is 2.04 bits per heavy atom. The van der Waals surface area contributed by atoms with Crippen molar-refractivity contribution < 1.29 is 41.8 Å². The molecule has 0 heterocycles. The second-order valence-electron chi connectivity index (χ2n) is 4.29. The van der Waals surface area contributed by atoms with Gasteiger partial charge in [0.15, 0.2) is 0 Å². The van der Waals surface area contributed by atoms with Gasteiger partial charge >= 0.3 is 17.1 Å². The van der Waals surface area contributed by atoms with Gasteiger partial charge in [0.25, 0.3) is 5.69 Å². The first-order valence-corrected chi connectivity index (χ1v) is 6.00. The first kappa shape index (κ1) is 20.3. The van der Waals surface area contributed by atoms with Gasteiger partial charge in [-0.05, 0) is 29.3 Å². The van der Waals surface area contributed by atoms with Crippen LogP contribution in [-0.4, -0.2) is 16.9 Å². The van der Waals surface area contributed by atoms with Crippen LogP contribution in [0.4, 0.5) is 5.69 Å². The number of nitro benzene ring substituents is 1. The van der Waals surface area contributed by atoms with E-state index in [1.54, 1.807) is 18.2 Å². The fraction of sp³-hybridized carbons (Fsp3) is 0.0667. The van der Waals surface area contributed by atoms with Crippen molar-refractivity contribution in [3.05, 3.63) is 64.2 Å². The minimum absolute atomic E-state index is 0. The SMILES string of the molecule is C=C(C)C(=O)[O-].O=C([O-])c1c([N+](=O)[O-])ccc2ccccc12.[Cu+]. The molecular formula is C15H11CuNO6-. The first-order chi connectivity index (χ1) is 10.3. The van der Waals surface area contributed by atoms with Gasteiger partial charge in [0.2, 0.25) is 0 Å². The van der Waals surface area contributed by atoms with Crippen molar-refractivity contribution in [1.29, 1.82) is 0 Å². The minimum atomic E-state index is -1.54. The summed E-state index contributed by atoms with van der Waals surface area (Å²) in [6.07, 6.45) is 0. The molecule has 0 aliphatic carbocycles. The normalized spacial score (nSPS) is 9.09. The predicted octanol–water partition coefficient (Wildman–Crippen LogP) is 0.421. The van der Waals surface area contributed by atoms with Gasteiger partial charge in [0.1, 0.15) is 0 Å². The maximum absolute atomic E-state index is 10.9. The summed E-state index contributed by atoms with van der Waals surface area (Å²) in [5.41, 5.74) is -0.753. The van der Waals surface area contributed by atoms with Crippen LogP contribution in [0.1, 0.15) is 17.3 Å². The second kappa shape index (κ2) is 8.67. The van der Waals surface area contributed by atoms with Gasteiger partial charge in [-0.1, -0.05) is 30.8 Å². The molecule has 2 aromatic rings. The molecule has 124 valence electrons. The molecule has 0 saturated heterocycles. The molecule has 0 atom stereocenters. The Balaban J connectivity index is 0.000000599. The summed E-state index contributed by atoms with van der Waals surface area (Å²) in [5, 5.41) is 32.0. The third-order valence-electron chi connectivity index (χ3n) is 2.66. The van der Waals surface area contributed by atoms with Crippen molar-refractivity contribution in [1.82, 2.24) is 0 Å². The number of carbonyl (C=O) groups is 2. The zero-order chi connectivity index (χ0) is 16.9. The van der Waals surface area contributed by atoms with Crippen molar-refractivity contribution in [3.63, 3.8) is 0 Å². The van der Waals surface area contributed by atoms with Gasteiger partial charge in [0, 0.05) is 6.07 Å². The zero-order valence-corrected chi connectivity index (χ0v) is 12.8. The number of carbonyl (C=O) groups excluding carboxylic acids is 2. The first-order valence-electron chi connectivity index (χ1n) is 6.00. The quantitative estimate of drug-likeness (QED) is 0.336.